The van der Waals surface area contributed by atoms with Crippen LogP contribution in [-0.4, -0.2) is 67.1 Å². The number of halogens is 3. The highest BCUT2D eigenvalue weighted by molar-refractivity contribution is 6.35. The third-order valence-corrected chi connectivity index (χ3v) is 8.62. The molecule has 0 spiro atoms. The number of aryl methyl sites for hydroxylation is 1. The Balaban J connectivity index is 0.00000320. The molecule has 1 N–H and O–H groups in total. The SMILES string of the molecule is Cc1nn([C@H](C)c2ccc(Cl)cc2Cl)c2nc(N3CC[C@H](N4CCC[C@H]4C(C)(C)O)[C@H](C)C3)cnc12.Cl. The van der Waals surface area contributed by atoms with Crippen LogP contribution in [0.4, 0.5) is 5.82 Å². The normalized spacial score (nSPS) is 23.9. The van der Waals surface area contributed by atoms with E-state index in [-0.39, 0.29) is 24.5 Å². The number of nitrogens with zero attached hydrogens (tertiary/aromatic N) is 6. The highest BCUT2D eigenvalue weighted by Crippen LogP contribution is 2.35. The fourth-order valence-corrected chi connectivity index (χ4v) is 6.78. The molecular weight excluding hydrogens is 531 g/mol. The van der Waals surface area contributed by atoms with Crippen LogP contribution in [0.25, 0.3) is 11.2 Å². The van der Waals surface area contributed by atoms with E-state index in [4.69, 9.17) is 38.3 Å². The number of hydrogen-bond donors (Lipinski definition) is 1. The van der Waals surface area contributed by atoms with Gasteiger partial charge >= 0.3 is 0 Å². The standard InChI is InChI=1S/C27H36Cl2N6O.ClH/c1-16-15-33(12-10-22(16)34-11-6-7-23(34)27(4,5)36)24-14-30-25-17(2)32-35(26(25)31-24)18(3)20-9-8-19(28)13-21(20)29;/h8-9,13-14,16,18,22-23,36H,6-7,10-12,15H2,1-5H3;1H/t16-,18-,22+,23+;/m1./s1. The number of aromatic nitrogens is 4. The molecule has 0 saturated carbocycles. The molecule has 3 aromatic rings. The Bertz CT molecular complexity index is 1260. The Hall–Kier alpha value is -1.64. The minimum absolute atomic E-state index is 0. The van der Waals surface area contributed by atoms with Crippen LogP contribution in [0.5, 0.6) is 0 Å². The van der Waals surface area contributed by atoms with Crippen LogP contribution in [0.1, 0.15) is 64.3 Å². The summed E-state index contributed by atoms with van der Waals surface area (Å²) >= 11 is 12.6. The minimum atomic E-state index is -0.677. The second-order valence-corrected chi connectivity index (χ2v) is 11.9. The maximum absolute atomic E-state index is 10.7. The molecule has 0 amide bonds. The van der Waals surface area contributed by atoms with Gasteiger partial charge in [0.05, 0.1) is 23.5 Å². The van der Waals surface area contributed by atoms with E-state index in [0.717, 1.165) is 67.1 Å². The first-order valence-corrected chi connectivity index (χ1v) is 13.7. The summed E-state index contributed by atoms with van der Waals surface area (Å²) in [5.74, 6) is 1.33. The van der Waals surface area contributed by atoms with E-state index in [9.17, 15) is 5.11 Å². The van der Waals surface area contributed by atoms with E-state index in [2.05, 4.69) is 23.6 Å². The molecule has 0 radical (unpaired) electrons. The average Bonchev–Trinajstić information content (AvgIpc) is 3.43. The lowest BCUT2D eigenvalue weighted by molar-refractivity contribution is -0.0284. The molecule has 2 aromatic heterocycles. The second-order valence-electron chi connectivity index (χ2n) is 11.1. The van der Waals surface area contributed by atoms with Gasteiger partial charge in [-0.2, -0.15) is 5.10 Å². The van der Waals surface area contributed by atoms with Gasteiger partial charge in [-0.15, -0.1) is 12.4 Å². The third-order valence-electron chi connectivity index (χ3n) is 8.06. The number of piperidine rings is 1. The van der Waals surface area contributed by atoms with Gasteiger partial charge in [-0.1, -0.05) is 36.2 Å². The predicted molar refractivity (Wildman–Crippen MR) is 153 cm³/mol. The second kappa shape index (κ2) is 10.9. The van der Waals surface area contributed by atoms with Crippen LogP contribution in [0, 0.1) is 12.8 Å². The Morgan fingerprint density at radius 3 is 2.59 bits per heavy atom. The molecule has 202 valence electrons. The summed E-state index contributed by atoms with van der Waals surface area (Å²) in [4.78, 5) is 14.7. The summed E-state index contributed by atoms with van der Waals surface area (Å²) in [6.45, 7) is 13.1. The Kier molecular flexibility index (Phi) is 8.32. The first kappa shape index (κ1) is 28.4. The van der Waals surface area contributed by atoms with Crippen LogP contribution < -0.4 is 4.90 Å². The molecule has 0 bridgehead atoms. The summed E-state index contributed by atoms with van der Waals surface area (Å²) in [6.07, 6.45) is 5.15. The summed E-state index contributed by atoms with van der Waals surface area (Å²) in [5, 5.41) is 16.7. The molecule has 10 heteroatoms. The van der Waals surface area contributed by atoms with Gasteiger partial charge in [-0.3, -0.25) is 4.90 Å². The van der Waals surface area contributed by atoms with Gasteiger partial charge in [-0.25, -0.2) is 14.6 Å². The Labute approximate surface area is 235 Å². The van der Waals surface area contributed by atoms with E-state index < -0.39 is 5.60 Å². The van der Waals surface area contributed by atoms with E-state index in [1.807, 2.05) is 43.8 Å². The van der Waals surface area contributed by atoms with Crippen molar-refractivity contribution in [3.8, 4) is 0 Å². The zero-order chi connectivity index (χ0) is 25.8. The molecule has 1 aromatic carbocycles. The van der Waals surface area contributed by atoms with E-state index in [0.29, 0.717) is 22.0 Å². The molecule has 2 aliphatic heterocycles. The maximum Gasteiger partial charge on any atom is 0.179 e. The molecule has 37 heavy (non-hydrogen) atoms. The van der Waals surface area contributed by atoms with Crippen LogP contribution in [0.2, 0.25) is 10.0 Å². The number of fused-ring (bicyclic) bond motifs is 1. The number of aliphatic hydroxyl groups is 1. The van der Waals surface area contributed by atoms with Gasteiger partial charge in [0.15, 0.2) is 5.65 Å². The Morgan fingerprint density at radius 2 is 1.92 bits per heavy atom. The number of likely N-dealkylation sites (tertiary alicyclic amines) is 1. The van der Waals surface area contributed by atoms with Crippen molar-refractivity contribution in [3.63, 3.8) is 0 Å². The quantitative estimate of drug-likeness (QED) is 0.413. The van der Waals surface area contributed by atoms with Crippen molar-refractivity contribution in [2.75, 3.05) is 24.5 Å². The average molecular weight is 568 g/mol. The highest BCUT2D eigenvalue weighted by Gasteiger charge is 2.42. The van der Waals surface area contributed by atoms with Gasteiger partial charge in [0.1, 0.15) is 11.3 Å². The first-order chi connectivity index (χ1) is 17.0. The van der Waals surface area contributed by atoms with Gasteiger partial charge in [0, 0.05) is 35.2 Å². The van der Waals surface area contributed by atoms with Crippen LogP contribution in [0.15, 0.2) is 24.4 Å². The van der Waals surface area contributed by atoms with Crippen molar-refractivity contribution in [2.45, 2.75) is 77.6 Å². The molecule has 2 aliphatic rings. The zero-order valence-corrected chi connectivity index (χ0v) is 24.5. The summed E-state index contributed by atoms with van der Waals surface area (Å²) in [6, 6.07) is 6.14. The predicted octanol–water partition coefficient (Wildman–Crippen LogP) is 5.92. The lowest BCUT2D eigenvalue weighted by Crippen LogP contribution is -2.56. The monoisotopic (exact) mass is 566 g/mol. The molecule has 5 rings (SSSR count). The van der Waals surface area contributed by atoms with Crippen molar-refractivity contribution in [2.24, 2.45) is 5.92 Å². The molecular formula is C27H37Cl3N6O. The molecule has 4 atom stereocenters. The van der Waals surface area contributed by atoms with Crippen molar-refractivity contribution >= 4 is 52.6 Å². The maximum atomic E-state index is 10.7. The van der Waals surface area contributed by atoms with Crippen molar-refractivity contribution in [1.29, 1.82) is 0 Å². The number of anilines is 1. The summed E-state index contributed by atoms with van der Waals surface area (Å²) < 4.78 is 1.92. The van der Waals surface area contributed by atoms with Crippen LogP contribution in [0.3, 0.4) is 0 Å². The molecule has 2 saturated heterocycles. The topological polar surface area (TPSA) is 70.3 Å². The zero-order valence-electron chi connectivity index (χ0n) is 22.2. The van der Waals surface area contributed by atoms with Crippen molar-refractivity contribution in [3.05, 3.63) is 45.7 Å². The van der Waals surface area contributed by atoms with Crippen LogP contribution >= 0.6 is 35.6 Å². The molecule has 0 unspecified atom stereocenters. The van der Waals surface area contributed by atoms with E-state index in [1.54, 1.807) is 6.07 Å². The molecule has 7 nitrogen and oxygen atoms in total. The Morgan fingerprint density at radius 1 is 1.16 bits per heavy atom. The minimum Gasteiger partial charge on any atom is -0.389 e. The summed E-state index contributed by atoms with van der Waals surface area (Å²) in [5.41, 5.74) is 2.69. The van der Waals surface area contributed by atoms with Gasteiger partial charge < -0.3 is 10.0 Å². The van der Waals surface area contributed by atoms with E-state index in [1.165, 1.54) is 0 Å². The molecule has 0 aliphatic carbocycles. The van der Waals surface area contributed by atoms with Crippen LogP contribution in [-0.2, 0) is 0 Å². The lowest BCUT2D eigenvalue weighted by Gasteiger charge is -2.46. The van der Waals surface area contributed by atoms with E-state index >= 15 is 0 Å². The number of hydrogen-bond acceptors (Lipinski definition) is 6. The fraction of sp³-hybridized carbons (Fsp3) is 0.593. The van der Waals surface area contributed by atoms with Gasteiger partial charge in [0.2, 0.25) is 0 Å². The highest BCUT2D eigenvalue weighted by atomic mass is 35.5. The molecule has 4 heterocycles. The number of benzene rings is 1. The van der Waals surface area contributed by atoms with Gasteiger partial charge in [-0.05, 0) is 77.1 Å². The fourth-order valence-electron chi connectivity index (χ4n) is 6.21. The van der Waals surface area contributed by atoms with Crippen molar-refractivity contribution < 1.29 is 5.11 Å². The van der Waals surface area contributed by atoms with Gasteiger partial charge in [0.25, 0.3) is 0 Å². The summed E-state index contributed by atoms with van der Waals surface area (Å²) in [7, 11) is 0. The lowest BCUT2D eigenvalue weighted by atomic mass is 9.89. The van der Waals surface area contributed by atoms with Crippen molar-refractivity contribution in [1.82, 2.24) is 24.6 Å². The number of rotatable bonds is 5. The largest absolute Gasteiger partial charge is 0.389 e. The molecule has 2 fully saturated rings. The first-order valence-electron chi connectivity index (χ1n) is 12.9. The third kappa shape index (κ3) is 5.44. The smallest absolute Gasteiger partial charge is 0.179 e.